The van der Waals surface area contributed by atoms with Crippen LogP contribution in [-0.2, 0) is 6.42 Å². The number of rotatable bonds is 3. The minimum Gasteiger partial charge on any atom is -0.463 e. The topological polar surface area (TPSA) is 38.9 Å². The molecule has 15 heavy (non-hydrogen) atoms. The first-order chi connectivity index (χ1) is 7.36. The minimum absolute atomic E-state index is 0.810. The molecule has 0 saturated heterocycles. The number of thioether (sulfide) groups is 1. The Kier molecular flexibility index (Phi) is 3.06. The fraction of sp³-hybridized carbons (Fsp3) is 0.273. The summed E-state index contributed by atoms with van der Waals surface area (Å²) in [6, 6.07) is 3.79. The number of hydrogen-bond donors (Lipinski definition) is 0. The zero-order valence-corrected chi connectivity index (χ0v) is 9.54. The van der Waals surface area contributed by atoms with E-state index in [1.165, 1.54) is 0 Å². The highest BCUT2D eigenvalue weighted by molar-refractivity contribution is 7.98. The summed E-state index contributed by atoms with van der Waals surface area (Å²) in [5.74, 6) is 0.810. The van der Waals surface area contributed by atoms with E-state index in [1.54, 1.807) is 24.4 Å². The SMILES string of the molecule is CCc1c(SC)ncnc1-c1ccco1. The van der Waals surface area contributed by atoms with E-state index in [2.05, 4.69) is 16.9 Å². The monoisotopic (exact) mass is 220 g/mol. The minimum atomic E-state index is 0.810. The quantitative estimate of drug-likeness (QED) is 0.588. The van der Waals surface area contributed by atoms with Gasteiger partial charge in [-0.1, -0.05) is 6.92 Å². The first kappa shape index (κ1) is 10.2. The van der Waals surface area contributed by atoms with Crippen molar-refractivity contribution in [1.82, 2.24) is 9.97 Å². The molecule has 0 aliphatic heterocycles. The molecular formula is C11H12N2OS. The lowest BCUT2D eigenvalue weighted by Crippen LogP contribution is -1.96. The van der Waals surface area contributed by atoms with E-state index in [9.17, 15) is 0 Å². The molecule has 0 atom stereocenters. The van der Waals surface area contributed by atoms with Crippen LogP contribution in [0.25, 0.3) is 11.5 Å². The van der Waals surface area contributed by atoms with Gasteiger partial charge in [-0.2, -0.15) is 0 Å². The zero-order valence-electron chi connectivity index (χ0n) is 8.73. The van der Waals surface area contributed by atoms with E-state index in [0.717, 1.165) is 28.5 Å². The fourth-order valence-corrected chi connectivity index (χ4v) is 2.16. The fourth-order valence-electron chi connectivity index (χ4n) is 1.52. The van der Waals surface area contributed by atoms with Gasteiger partial charge in [0.05, 0.1) is 6.26 Å². The lowest BCUT2D eigenvalue weighted by atomic mass is 10.1. The summed E-state index contributed by atoms with van der Waals surface area (Å²) in [4.78, 5) is 8.53. The second-order valence-electron chi connectivity index (χ2n) is 3.04. The number of nitrogens with zero attached hydrogens (tertiary/aromatic N) is 2. The van der Waals surface area contributed by atoms with Crippen LogP contribution in [0.15, 0.2) is 34.2 Å². The Morgan fingerprint density at radius 3 is 2.87 bits per heavy atom. The average Bonchev–Trinajstić information content (AvgIpc) is 2.81. The Bertz CT molecular complexity index is 440. The molecule has 0 N–H and O–H groups in total. The van der Waals surface area contributed by atoms with Crippen molar-refractivity contribution in [3.05, 3.63) is 30.3 Å². The maximum atomic E-state index is 5.36. The van der Waals surface area contributed by atoms with Crippen LogP contribution in [0.5, 0.6) is 0 Å². The lowest BCUT2D eigenvalue weighted by Gasteiger charge is -2.07. The van der Waals surface area contributed by atoms with Gasteiger partial charge in [-0.25, -0.2) is 9.97 Å². The van der Waals surface area contributed by atoms with Crippen LogP contribution >= 0.6 is 11.8 Å². The molecule has 0 fully saturated rings. The molecule has 0 amide bonds. The van der Waals surface area contributed by atoms with Gasteiger partial charge in [0.1, 0.15) is 17.0 Å². The number of furan rings is 1. The van der Waals surface area contributed by atoms with Crippen molar-refractivity contribution in [3.8, 4) is 11.5 Å². The van der Waals surface area contributed by atoms with Crippen molar-refractivity contribution in [2.45, 2.75) is 18.4 Å². The first-order valence-corrected chi connectivity index (χ1v) is 6.01. The van der Waals surface area contributed by atoms with Crippen LogP contribution in [-0.4, -0.2) is 16.2 Å². The van der Waals surface area contributed by atoms with E-state index in [-0.39, 0.29) is 0 Å². The third-order valence-corrected chi connectivity index (χ3v) is 2.95. The van der Waals surface area contributed by atoms with Crippen molar-refractivity contribution in [2.75, 3.05) is 6.26 Å². The van der Waals surface area contributed by atoms with E-state index in [4.69, 9.17) is 4.42 Å². The van der Waals surface area contributed by atoms with Crippen molar-refractivity contribution < 1.29 is 4.42 Å². The molecule has 3 nitrogen and oxygen atoms in total. The Hall–Kier alpha value is -1.29. The summed E-state index contributed by atoms with van der Waals surface area (Å²) in [5.41, 5.74) is 2.06. The highest BCUT2D eigenvalue weighted by Gasteiger charge is 2.12. The van der Waals surface area contributed by atoms with Crippen LogP contribution in [0.1, 0.15) is 12.5 Å². The Labute approximate surface area is 92.9 Å². The predicted molar refractivity (Wildman–Crippen MR) is 60.9 cm³/mol. The van der Waals surface area contributed by atoms with Crippen molar-refractivity contribution in [1.29, 1.82) is 0 Å². The van der Waals surface area contributed by atoms with Crippen molar-refractivity contribution in [3.63, 3.8) is 0 Å². The molecule has 0 aromatic carbocycles. The Morgan fingerprint density at radius 2 is 2.27 bits per heavy atom. The molecule has 2 aromatic heterocycles. The molecule has 0 aliphatic rings. The van der Waals surface area contributed by atoms with Gasteiger partial charge in [0.2, 0.25) is 0 Å². The standard InChI is InChI=1S/C11H12N2OS/c1-3-8-10(9-5-4-6-14-9)12-7-13-11(8)15-2/h4-7H,3H2,1-2H3. The summed E-state index contributed by atoms with van der Waals surface area (Å²) in [5, 5.41) is 1.03. The van der Waals surface area contributed by atoms with E-state index >= 15 is 0 Å². The van der Waals surface area contributed by atoms with E-state index in [0.29, 0.717) is 0 Å². The third-order valence-electron chi connectivity index (χ3n) is 2.21. The molecule has 0 radical (unpaired) electrons. The van der Waals surface area contributed by atoms with Crippen LogP contribution in [0.2, 0.25) is 0 Å². The van der Waals surface area contributed by atoms with Crippen LogP contribution < -0.4 is 0 Å². The molecular weight excluding hydrogens is 208 g/mol. The lowest BCUT2D eigenvalue weighted by molar-refractivity contribution is 0.578. The number of aromatic nitrogens is 2. The summed E-state index contributed by atoms with van der Waals surface area (Å²) >= 11 is 1.64. The molecule has 0 aliphatic carbocycles. The van der Waals surface area contributed by atoms with Gasteiger partial charge in [0.25, 0.3) is 0 Å². The van der Waals surface area contributed by atoms with Gasteiger partial charge in [0.15, 0.2) is 5.76 Å². The van der Waals surface area contributed by atoms with Gasteiger partial charge in [-0.3, -0.25) is 0 Å². The summed E-state index contributed by atoms with van der Waals surface area (Å²) in [6.07, 6.45) is 6.18. The second-order valence-corrected chi connectivity index (χ2v) is 3.84. The molecule has 2 heterocycles. The zero-order chi connectivity index (χ0) is 10.7. The molecule has 2 rings (SSSR count). The van der Waals surface area contributed by atoms with Crippen molar-refractivity contribution >= 4 is 11.8 Å². The van der Waals surface area contributed by atoms with Gasteiger partial charge in [0, 0.05) is 5.56 Å². The van der Waals surface area contributed by atoms with Crippen LogP contribution in [0.4, 0.5) is 0 Å². The van der Waals surface area contributed by atoms with E-state index < -0.39 is 0 Å². The smallest absolute Gasteiger partial charge is 0.152 e. The molecule has 0 unspecified atom stereocenters. The van der Waals surface area contributed by atoms with Gasteiger partial charge >= 0.3 is 0 Å². The highest BCUT2D eigenvalue weighted by Crippen LogP contribution is 2.27. The maximum absolute atomic E-state index is 5.36. The van der Waals surface area contributed by atoms with Gasteiger partial charge < -0.3 is 4.42 Å². The van der Waals surface area contributed by atoms with E-state index in [1.807, 2.05) is 18.4 Å². The summed E-state index contributed by atoms with van der Waals surface area (Å²) in [6.45, 7) is 2.10. The van der Waals surface area contributed by atoms with Crippen molar-refractivity contribution in [2.24, 2.45) is 0 Å². The Balaban J connectivity index is 2.56. The highest BCUT2D eigenvalue weighted by atomic mass is 32.2. The third kappa shape index (κ3) is 1.90. The summed E-state index contributed by atoms with van der Waals surface area (Å²) < 4.78 is 5.36. The van der Waals surface area contributed by atoms with Gasteiger partial charge in [-0.05, 0) is 24.8 Å². The number of hydrogen-bond acceptors (Lipinski definition) is 4. The second kappa shape index (κ2) is 4.49. The molecule has 0 spiro atoms. The normalized spacial score (nSPS) is 10.5. The first-order valence-electron chi connectivity index (χ1n) is 4.78. The largest absolute Gasteiger partial charge is 0.463 e. The molecule has 0 saturated carbocycles. The molecule has 0 bridgehead atoms. The Morgan fingerprint density at radius 1 is 1.40 bits per heavy atom. The predicted octanol–water partition coefficient (Wildman–Crippen LogP) is 3.02. The molecule has 4 heteroatoms. The molecule has 78 valence electrons. The van der Waals surface area contributed by atoms with Gasteiger partial charge in [-0.15, -0.1) is 11.8 Å². The average molecular weight is 220 g/mol. The maximum Gasteiger partial charge on any atom is 0.152 e. The molecule has 2 aromatic rings. The van der Waals surface area contributed by atoms with Crippen LogP contribution in [0, 0.1) is 0 Å². The van der Waals surface area contributed by atoms with Crippen LogP contribution in [0.3, 0.4) is 0 Å². The summed E-state index contributed by atoms with van der Waals surface area (Å²) in [7, 11) is 0.